The molecule has 2 N–H and O–H groups in total. The number of aliphatic hydroxyl groups excluding tert-OH is 2. The number of ketones is 1. The summed E-state index contributed by atoms with van der Waals surface area (Å²) in [5.41, 5.74) is 0.358. The minimum atomic E-state index is -0.279. The van der Waals surface area contributed by atoms with Gasteiger partial charge in [0.1, 0.15) is 5.78 Å². The molecule has 3 heteroatoms. The third-order valence-corrected chi connectivity index (χ3v) is 11.5. The van der Waals surface area contributed by atoms with E-state index in [1.807, 2.05) is 0 Å². The maximum atomic E-state index is 13.3. The first kappa shape index (κ1) is 23.7. The van der Waals surface area contributed by atoms with Crippen LogP contribution in [-0.4, -0.2) is 28.2 Å². The summed E-state index contributed by atoms with van der Waals surface area (Å²) in [6.45, 7) is 14.0. The van der Waals surface area contributed by atoms with E-state index in [4.69, 9.17) is 0 Å². The minimum Gasteiger partial charge on any atom is -0.393 e. The van der Waals surface area contributed by atoms with Gasteiger partial charge in [-0.2, -0.15) is 0 Å². The summed E-state index contributed by atoms with van der Waals surface area (Å²) in [6.07, 6.45) is 8.65. The predicted molar refractivity (Wildman–Crippen MR) is 125 cm³/mol. The van der Waals surface area contributed by atoms with Crippen molar-refractivity contribution in [3.63, 3.8) is 0 Å². The van der Waals surface area contributed by atoms with Gasteiger partial charge in [0.05, 0.1) is 12.2 Å². The Hall–Kier alpha value is -0.410. The SMILES string of the molecule is CC(C)[C@@H](C)C[C@H](O)[C@@H](C)[C@H]1CC[C@H]2[C@@H]3CC(=O)[C@H]4C[C@@H](O)CC[C@]4(C)[C@H]3CC[C@]12C. The zero-order valence-electron chi connectivity index (χ0n) is 20.9. The molecule has 4 aliphatic rings. The van der Waals surface area contributed by atoms with Gasteiger partial charge in [-0.05, 0) is 104 Å². The molecule has 0 amide bonds. The average molecular weight is 433 g/mol. The molecule has 0 aromatic carbocycles. The summed E-state index contributed by atoms with van der Waals surface area (Å²) in [7, 11) is 0. The topological polar surface area (TPSA) is 57.5 Å². The number of carbonyl (C=O) groups excluding carboxylic acids is 1. The third-order valence-electron chi connectivity index (χ3n) is 11.5. The van der Waals surface area contributed by atoms with Gasteiger partial charge < -0.3 is 10.2 Å². The Labute approximate surface area is 190 Å². The molecule has 0 saturated heterocycles. The summed E-state index contributed by atoms with van der Waals surface area (Å²) in [6, 6.07) is 0. The largest absolute Gasteiger partial charge is 0.393 e. The van der Waals surface area contributed by atoms with E-state index in [1.54, 1.807) is 0 Å². The van der Waals surface area contributed by atoms with E-state index in [-0.39, 0.29) is 29.0 Å². The Balaban J connectivity index is 1.53. The lowest BCUT2D eigenvalue weighted by atomic mass is 9.44. The molecule has 31 heavy (non-hydrogen) atoms. The molecule has 3 nitrogen and oxygen atoms in total. The highest BCUT2D eigenvalue weighted by Gasteiger charge is 2.62. The fourth-order valence-electron chi connectivity index (χ4n) is 9.06. The number of carbonyl (C=O) groups is 1. The van der Waals surface area contributed by atoms with Crippen molar-refractivity contribution in [1.29, 1.82) is 0 Å². The molecule has 0 radical (unpaired) electrons. The summed E-state index contributed by atoms with van der Waals surface area (Å²) in [4.78, 5) is 13.3. The van der Waals surface area contributed by atoms with Crippen molar-refractivity contribution in [2.45, 2.75) is 112 Å². The first-order chi connectivity index (χ1) is 14.5. The molecule has 4 saturated carbocycles. The highest BCUT2D eigenvalue weighted by atomic mass is 16.3. The van der Waals surface area contributed by atoms with Gasteiger partial charge in [-0.1, -0.05) is 41.5 Å². The van der Waals surface area contributed by atoms with Crippen LogP contribution in [0.15, 0.2) is 0 Å². The normalized spacial score (nSPS) is 48.0. The molecule has 0 aliphatic heterocycles. The van der Waals surface area contributed by atoms with E-state index >= 15 is 0 Å². The zero-order valence-corrected chi connectivity index (χ0v) is 20.9. The molecule has 0 unspecified atom stereocenters. The molecule has 178 valence electrons. The maximum Gasteiger partial charge on any atom is 0.136 e. The first-order valence-corrected chi connectivity index (χ1v) is 13.4. The van der Waals surface area contributed by atoms with Crippen LogP contribution in [0.25, 0.3) is 0 Å². The summed E-state index contributed by atoms with van der Waals surface area (Å²) in [5, 5.41) is 21.4. The second kappa shape index (κ2) is 8.42. The fraction of sp³-hybridized carbons (Fsp3) is 0.964. The van der Waals surface area contributed by atoms with Crippen LogP contribution >= 0.6 is 0 Å². The molecular formula is C28H48O3. The molecule has 11 atom stereocenters. The predicted octanol–water partition coefficient (Wildman–Crippen LogP) is 5.86. The highest BCUT2D eigenvalue weighted by Crippen LogP contribution is 2.67. The summed E-state index contributed by atoms with van der Waals surface area (Å²) >= 11 is 0. The Morgan fingerprint density at radius 2 is 1.61 bits per heavy atom. The third kappa shape index (κ3) is 3.84. The minimum absolute atomic E-state index is 0.0809. The Morgan fingerprint density at radius 3 is 2.29 bits per heavy atom. The van der Waals surface area contributed by atoms with Gasteiger partial charge >= 0.3 is 0 Å². The molecule has 4 fully saturated rings. The maximum absolute atomic E-state index is 13.3. The first-order valence-electron chi connectivity index (χ1n) is 13.4. The standard InChI is InChI=1S/C28H48O3/c1-16(2)17(3)13-25(30)18(4)21-7-8-22-20-15-26(31)24-14-19(29)9-11-28(24,6)23(20)10-12-27(21,22)5/h16-25,29-30H,7-15H2,1-6H3/t17-,18-,19-,20-,21+,22-,23-,24+,25-,27+,28+/m0/s1. The Morgan fingerprint density at radius 1 is 0.968 bits per heavy atom. The Bertz CT molecular complexity index is 673. The number of aliphatic hydroxyl groups is 2. The number of Topliss-reactive ketones (excluding diaryl/α,β-unsaturated/α-hetero) is 1. The second-order valence-corrected chi connectivity index (χ2v) is 13.1. The van der Waals surface area contributed by atoms with E-state index in [0.717, 1.165) is 25.7 Å². The molecule has 0 aromatic rings. The monoisotopic (exact) mass is 432 g/mol. The van der Waals surface area contributed by atoms with Gasteiger partial charge in [0.15, 0.2) is 0 Å². The van der Waals surface area contributed by atoms with Gasteiger partial charge in [0.2, 0.25) is 0 Å². The van der Waals surface area contributed by atoms with Crippen LogP contribution in [0, 0.1) is 58.2 Å². The van der Waals surface area contributed by atoms with Crippen molar-refractivity contribution in [1.82, 2.24) is 0 Å². The van der Waals surface area contributed by atoms with Crippen LogP contribution in [-0.2, 0) is 4.79 Å². The molecule has 0 heterocycles. The van der Waals surface area contributed by atoms with Crippen molar-refractivity contribution in [3.8, 4) is 0 Å². The lowest BCUT2D eigenvalue weighted by molar-refractivity contribution is -0.160. The smallest absolute Gasteiger partial charge is 0.136 e. The van der Waals surface area contributed by atoms with Gasteiger partial charge in [0, 0.05) is 12.3 Å². The zero-order chi connectivity index (χ0) is 22.7. The van der Waals surface area contributed by atoms with Gasteiger partial charge in [-0.15, -0.1) is 0 Å². The van der Waals surface area contributed by atoms with E-state index in [2.05, 4.69) is 41.5 Å². The van der Waals surface area contributed by atoms with Crippen molar-refractivity contribution >= 4 is 5.78 Å². The molecular weight excluding hydrogens is 384 g/mol. The van der Waals surface area contributed by atoms with Crippen molar-refractivity contribution in [2.24, 2.45) is 58.2 Å². The quantitative estimate of drug-likeness (QED) is 0.572. The number of fused-ring (bicyclic) bond motifs is 5. The average Bonchev–Trinajstić information content (AvgIpc) is 3.06. The van der Waals surface area contributed by atoms with Gasteiger partial charge in [0.25, 0.3) is 0 Å². The van der Waals surface area contributed by atoms with E-state index in [1.165, 1.54) is 25.7 Å². The summed E-state index contributed by atoms with van der Waals surface area (Å²) in [5.74, 6) is 4.37. The van der Waals surface area contributed by atoms with E-state index in [9.17, 15) is 15.0 Å². The molecule has 4 aliphatic carbocycles. The fourth-order valence-corrected chi connectivity index (χ4v) is 9.06. The van der Waals surface area contributed by atoms with E-state index in [0.29, 0.717) is 53.6 Å². The second-order valence-electron chi connectivity index (χ2n) is 13.1. The van der Waals surface area contributed by atoms with Gasteiger partial charge in [-0.3, -0.25) is 4.79 Å². The molecule has 0 aromatic heterocycles. The lowest BCUT2D eigenvalue weighted by Crippen LogP contribution is -2.57. The Kier molecular flexibility index (Phi) is 6.45. The van der Waals surface area contributed by atoms with Crippen LogP contribution in [0.1, 0.15) is 99.3 Å². The van der Waals surface area contributed by atoms with Crippen LogP contribution in [0.2, 0.25) is 0 Å². The number of hydrogen-bond donors (Lipinski definition) is 2. The van der Waals surface area contributed by atoms with Crippen LogP contribution in [0.3, 0.4) is 0 Å². The number of hydrogen-bond acceptors (Lipinski definition) is 3. The van der Waals surface area contributed by atoms with Crippen LogP contribution in [0.5, 0.6) is 0 Å². The van der Waals surface area contributed by atoms with Crippen molar-refractivity contribution in [3.05, 3.63) is 0 Å². The lowest BCUT2D eigenvalue weighted by Gasteiger charge is -2.60. The van der Waals surface area contributed by atoms with Crippen LogP contribution in [0.4, 0.5) is 0 Å². The van der Waals surface area contributed by atoms with Gasteiger partial charge in [-0.25, -0.2) is 0 Å². The van der Waals surface area contributed by atoms with Crippen molar-refractivity contribution in [2.75, 3.05) is 0 Å². The molecule has 0 spiro atoms. The molecule has 0 bridgehead atoms. The van der Waals surface area contributed by atoms with Crippen molar-refractivity contribution < 1.29 is 15.0 Å². The number of rotatable bonds is 5. The van der Waals surface area contributed by atoms with Crippen LogP contribution < -0.4 is 0 Å². The highest BCUT2D eigenvalue weighted by molar-refractivity contribution is 5.83. The molecule has 4 rings (SSSR count). The summed E-state index contributed by atoms with van der Waals surface area (Å²) < 4.78 is 0. The van der Waals surface area contributed by atoms with E-state index < -0.39 is 0 Å².